The summed E-state index contributed by atoms with van der Waals surface area (Å²) >= 11 is 0. The van der Waals surface area contributed by atoms with Gasteiger partial charge in [-0.2, -0.15) is 0 Å². The molecule has 0 unspecified atom stereocenters. The minimum absolute atomic E-state index is 0.379. The van der Waals surface area contributed by atoms with Crippen LogP contribution in [0.4, 0.5) is 0 Å². The molecule has 1 aliphatic carbocycles. The molecule has 0 bridgehead atoms. The van der Waals surface area contributed by atoms with Gasteiger partial charge in [0, 0.05) is 52.0 Å². The van der Waals surface area contributed by atoms with Crippen molar-refractivity contribution in [3.8, 4) is 0 Å². The second-order valence-electron chi connectivity index (χ2n) is 8.00. The molecule has 2 N–H and O–H groups in total. The molecular weight excluding hydrogens is 312 g/mol. The Balaban J connectivity index is 2.42. The van der Waals surface area contributed by atoms with E-state index in [1.807, 2.05) is 0 Å². The fourth-order valence-electron chi connectivity index (χ4n) is 3.65. The average molecular weight is 355 g/mol. The Hall–Kier alpha value is -0.810. The van der Waals surface area contributed by atoms with E-state index in [1.165, 1.54) is 19.3 Å². The molecule has 0 saturated heterocycles. The fraction of sp³-hybridized carbons (Fsp3) is 0.950. The molecule has 0 aliphatic heterocycles. The second-order valence-corrected chi connectivity index (χ2v) is 8.00. The predicted octanol–water partition coefficient (Wildman–Crippen LogP) is 3.26. The molecule has 0 heterocycles. The largest absolute Gasteiger partial charge is 0.385 e. The van der Waals surface area contributed by atoms with Crippen LogP contribution in [0.2, 0.25) is 0 Å². The van der Waals surface area contributed by atoms with Gasteiger partial charge in [0.05, 0.1) is 0 Å². The molecule has 0 atom stereocenters. The minimum Gasteiger partial charge on any atom is -0.385 e. The third kappa shape index (κ3) is 7.95. The zero-order chi connectivity index (χ0) is 18.7. The maximum Gasteiger partial charge on any atom is 0.191 e. The van der Waals surface area contributed by atoms with E-state index in [0.29, 0.717) is 17.5 Å². The minimum atomic E-state index is 0.379. The molecule has 5 nitrogen and oxygen atoms in total. The summed E-state index contributed by atoms with van der Waals surface area (Å²) in [5.74, 6) is 0.965. The number of methoxy groups -OCH3 is 1. The summed E-state index contributed by atoms with van der Waals surface area (Å²) in [6.45, 7) is 16.0. The lowest BCUT2D eigenvalue weighted by molar-refractivity contribution is 0.0778. The maximum atomic E-state index is 5.28. The number of rotatable bonds is 12. The standard InChI is InChI=1S/C20H42N4O/c1-7-21-19(22-13-9-14-24(17(2)3)18(4)5)23-16-20(10-8-11-20)12-15-25-6/h17-18H,7-16H2,1-6H3,(H2,21,22,23). The van der Waals surface area contributed by atoms with Crippen LogP contribution in [0, 0.1) is 5.41 Å². The monoisotopic (exact) mass is 354 g/mol. The van der Waals surface area contributed by atoms with E-state index in [0.717, 1.165) is 51.6 Å². The van der Waals surface area contributed by atoms with Gasteiger partial charge in [0.1, 0.15) is 0 Å². The fourth-order valence-corrected chi connectivity index (χ4v) is 3.65. The summed E-state index contributed by atoms with van der Waals surface area (Å²) < 4.78 is 5.28. The van der Waals surface area contributed by atoms with Gasteiger partial charge in [-0.05, 0) is 65.7 Å². The Morgan fingerprint density at radius 3 is 2.32 bits per heavy atom. The van der Waals surface area contributed by atoms with E-state index in [2.05, 4.69) is 50.2 Å². The van der Waals surface area contributed by atoms with E-state index in [1.54, 1.807) is 7.11 Å². The number of hydrogen-bond acceptors (Lipinski definition) is 3. The topological polar surface area (TPSA) is 48.9 Å². The zero-order valence-corrected chi connectivity index (χ0v) is 17.5. The van der Waals surface area contributed by atoms with Crippen molar-refractivity contribution < 1.29 is 4.74 Å². The average Bonchev–Trinajstić information content (AvgIpc) is 2.52. The van der Waals surface area contributed by atoms with Crippen LogP contribution in [0.5, 0.6) is 0 Å². The molecule has 1 aliphatic rings. The van der Waals surface area contributed by atoms with E-state index in [4.69, 9.17) is 9.73 Å². The molecule has 0 spiro atoms. The summed E-state index contributed by atoms with van der Waals surface area (Å²) in [5, 5.41) is 6.90. The second kappa shape index (κ2) is 11.7. The number of nitrogens with one attached hydrogen (secondary N) is 2. The molecule has 0 aromatic carbocycles. The lowest BCUT2D eigenvalue weighted by Gasteiger charge is -2.40. The molecule has 148 valence electrons. The number of hydrogen-bond donors (Lipinski definition) is 2. The molecule has 1 fully saturated rings. The van der Waals surface area contributed by atoms with Gasteiger partial charge in [0.15, 0.2) is 5.96 Å². The quantitative estimate of drug-likeness (QED) is 0.321. The lowest BCUT2D eigenvalue weighted by Crippen LogP contribution is -2.42. The predicted molar refractivity (Wildman–Crippen MR) is 108 cm³/mol. The van der Waals surface area contributed by atoms with Crippen molar-refractivity contribution in [2.24, 2.45) is 10.4 Å². The normalized spacial score (nSPS) is 17.2. The first-order valence-electron chi connectivity index (χ1n) is 10.2. The van der Waals surface area contributed by atoms with Gasteiger partial charge in [-0.3, -0.25) is 9.89 Å². The molecule has 1 saturated carbocycles. The first-order valence-corrected chi connectivity index (χ1v) is 10.2. The Morgan fingerprint density at radius 2 is 1.84 bits per heavy atom. The van der Waals surface area contributed by atoms with Gasteiger partial charge in [-0.25, -0.2) is 0 Å². The number of guanidine groups is 1. The smallest absolute Gasteiger partial charge is 0.191 e. The van der Waals surface area contributed by atoms with Crippen LogP contribution in [-0.4, -0.2) is 62.8 Å². The van der Waals surface area contributed by atoms with Gasteiger partial charge in [-0.15, -0.1) is 0 Å². The highest BCUT2D eigenvalue weighted by Crippen LogP contribution is 2.44. The molecule has 5 heteroatoms. The molecule has 25 heavy (non-hydrogen) atoms. The number of ether oxygens (including phenoxy) is 1. The highest BCUT2D eigenvalue weighted by atomic mass is 16.5. The lowest BCUT2D eigenvalue weighted by atomic mass is 9.67. The van der Waals surface area contributed by atoms with Gasteiger partial charge in [-0.1, -0.05) is 6.42 Å². The first-order chi connectivity index (χ1) is 11.9. The first kappa shape index (κ1) is 22.2. The third-order valence-corrected chi connectivity index (χ3v) is 5.38. The summed E-state index contributed by atoms with van der Waals surface area (Å²) in [5.41, 5.74) is 0.379. The van der Waals surface area contributed by atoms with Crippen molar-refractivity contribution in [3.63, 3.8) is 0 Å². The Kier molecular flexibility index (Phi) is 10.4. The van der Waals surface area contributed by atoms with Crippen molar-refractivity contribution in [1.29, 1.82) is 0 Å². The van der Waals surface area contributed by atoms with Crippen LogP contribution in [0.3, 0.4) is 0 Å². The summed E-state index contributed by atoms with van der Waals surface area (Å²) in [6, 6.07) is 1.20. The summed E-state index contributed by atoms with van der Waals surface area (Å²) in [4.78, 5) is 7.41. The Labute approximate surface area is 156 Å². The van der Waals surface area contributed by atoms with E-state index < -0.39 is 0 Å². The SMILES string of the molecule is CCNC(=NCC1(CCOC)CCC1)NCCCN(C(C)C)C(C)C. The van der Waals surface area contributed by atoms with Crippen molar-refractivity contribution >= 4 is 5.96 Å². The molecule has 0 aromatic heterocycles. The van der Waals surface area contributed by atoms with Crippen molar-refractivity contribution in [3.05, 3.63) is 0 Å². The third-order valence-electron chi connectivity index (χ3n) is 5.38. The van der Waals surface area contributed by atoms with Crippen LogP contribution in [-0.2, 0) is 4.74 Å². The van der Waals surface area contributed by atoms with Crippen LogP contribution < -0.4 is 10.6 Å². The van der Waals surface area contributed by atoms with Crippen LogP contribution in [0.25, 0.3) is 0 Å². The van der Waals surface area contributed by atoms with E-state index in [9.17, 15) is 0 Å². The maximum absolute atomic E-state index is 5.28. The van der Waals surface area contributed by atoms with Crippen molar-refractivity contribution in [2.45, 2.75) is 78.8 Å². The van der Waals surface area contributed by atoms with Crippen LogP contribution in [0.1, 0.15) is 66.7 Å². The van der Waals surface area contributed by atoms with Crippen LogP contribution in [0.15, 0.2) is 4.99 Å². The van der Waals surface area contributed by atoms with Gasteiger partial charge in [0.2, 0.25) is 0 Å². The van der Waals surface area contributed by atoms with Gasteiger partial charge >= 0.3 is 0 Å². The highest BCUT2D eigenvalue weighted by molar-refractivity contribution is 5.79. The van der Waals surface area contributed by atoms with Gasteiger partial charge in [0.25, 0.3) is 0 Å². The van der Waals surface area contributed by atoms with Crippen molar-refractivity contribution in [1.82, 2.24) is 15.5 Å². The Bertz CT molecular complexity index is 370. The molecule has 0 aromatic rings. The van der Waals surface area contributed by atoms with E-state index >= 15 is 0 Å². The molecule has 1 rings (SSSR count). The molecule has 0 amide bonds. The van der Waals surface area contributed by atoms with E-state index in [-0.39, 0.29) is 0 Å². The van der Waals surface area contributed by atoms with Crippen molar-refractivity contribution in [2.75, 3.05) is 39.9 Å². The number of nitrogens with zero attached hydrogens (tertiary/aromatic N) is 2. The summed E-state index contributed by atoms with van der Waals surface area (Å²) in [6.07, 6.45) is 6.18. The van der Waals surface area contributed by atoms with Crippen LogP contribution >= 0.6 is 0 Å². The molecule has 0 radical (unpaired) electrons. The molecular formula is C20H42N4O. The number of aliphatic imine (C=N–C) groups is 1. The highest BCUT2D eigenvalue weighted by Gasteiger charge is 2.36. The Morgan fingerprint density at radius 1 is 1.16 bits per heavy atom. The zero-order valence-electron chi connectivity index (χ0n) is 17.5. The summed E-state index contributed by atoms with van der Waals surface area (Å²) in [7, 11) is 1.79. The van der Waals surface area contributed by atoms with Gasteiger partial charge < -0.3 is 15.4 Å².